The van der Waals surface area contributed by atoms with Crippen molar-refractivity contribution in [3.05, 3.63) is 59.7 Å². The van der Waals surface area contributed by atoms with Gasteiger partial charge in [0.05, 0.1) is 17.8 Å². The van der Waals surface area contributed by atoms with Crippen molar-refractivity contribution in [2.24, 2.45) is 16.5 Å². The quantitative estimate of drug-likeness (QED) is 0.259. The largest absolute Gasteiger partial charge is 0.423 e. The van der Waals surface area contributed by atoms with Crippen molar-refractivity contribution in [3.8, 4) is 5.75 Å². The van der Waals surface area contributed by atoms with E-state index in [1.54, 1.807) is 53.4 Å². The van der Waals surface area contributed by atoms with Crippen LogP contribution in [0, 0.1) is 0 Å². The molecule has 2 aromatic rings. The molecule has 0 unspecified atom stereocenters. The number of piperazine rings is 1. The number of rotatable bonds is 6. The van der Waals surface area contributed by atoms with Gasteiger partial charge in [0.2, 0.25) is 11.8 Å². The molecule has 2 aliphatic heterocycles. The first-order valence-corrected chi connectivity index (χ1v) is 11.7. The number of guanidine groups is 1. The fourth-order valence-electron chi connectivity index (χ4n) is 4.13. The Morgan fingerprint density at radius 1 is 0.861 bits per heavy atom. The molecule has 2 saturated heterocycles. The third-order valence-corrected chi connectivity index (χ3v) is 6.07. The van der Waals surface area contributed by atoms with E-state index >= 15 is 0 Å². The number of hydrogen-bond donors (Lipinski definition) is 2. The van der Waals surface area contributed by atoms with E-state index in [1.807, 2.05) is 4.90 Å². The third-order valence-electron chi connectivity index (χ3n) is 6.07. The molecule has 0 radical (unpaired) electrons. The van der Waals surface area contributed by atoms with Gasteiger partial charge in [0, 0.05) is 44.7 Å². The first-order chi connectivity index (χ1) is 17.3. The molecule has 4 rings (SSSR count). The van der Waals surface area contributed by atoms with Crippen LogP contribution < -0.4 is 16.2 Å². The van der Waals surface area contributed by atoms with Crippen LogP contribution in [-0.4, -0.2) is 83.6 Å². The topological polar surface area (TPSA) is 152 Å². The monoisotopic (exact) mass is 492 g/mol. The average Bonchev–Trinajstić information content (AvgIpc) is 3.30. The molecular formula is C25H28N6O5. The van der Waals surface area contributed by atoms with E-state index in [0.717, 1.165) is 6.42 Å². The van der Waals surface area contributed by atoms with E-state index in [4.69, 9.17) is 16.2 Å². The average molecular weight is 493 g/mol. The number of nitrogens with two attached hydrogens (primary N) is 2. The Morgan fingerprint density at radius 3 is 2.08 bits per heavy atom. The summed E-state index contributed by atoms with van der Waals surface area (Å²) in [5, 5.41) is 0. The molecule has 2 fully saturated rings. The van der Waals surface area contributed by atoms with Crippen LogP contribution in [0.3, 0.4) is 0 Å². The van der Waals surface area contributed by atoms with Gasteiger partial charge in [0.15, 0.2) is 5.96 Å². The SMILES string of the molecule is NC(N)=Nc1ccc(C(=O)Oc2ccc(C(=O)N3CCN(CC(=O)N4CCCC4=O)CC3)cc2)cc1. The highest BCUT2D eigenvalue weighted by molar-refractivity contribution is 5.97. The number of aliphatic imine (C=N–C) groups is 1. The maximum Gasteiger partial charge on any atom is 0.343 e. The minimum Gasteiger partial charge on any atom is -0.423 e. The van der Waals surface area contributed by atoms with E-state index < -0.39 is 5.97 Å². The van der Waals surface area contributed by atoms with E-state index in [1.165, 1.54) is 4.90 Å². The summed E-state index contributed by atoms with van der Waals surface area (Å²) in [4.78, 5) is 58.3. The summed E-state index contributed by atoms with van der Waals surface area (Å²) >= 11 is 0. The summed E-state index contributed by atoms with van der Waals surface area (Å²) < 4.78 is 5.39. The van der Waals surface area contributed by atoms with E-state index in [2.05, 4.69) is 4.99 Å². The molecule has 11 heteroatoms. The summed E-state index contributed by atoms with van der Waals surface area (Å²) in [7, 11) is 0. The van der Waals surface area contributed by atoms with Crippen molar-refractivity contribution in [3.63, 3.8) is 0 Å². The van der Waals surface area contributed by atoms with Gasteiger partial charge < -0.3 is 21.1 Å². The number of hydrogen-bond acceptors (Lipinski definition) is 7. The zero-order valence-electron chi connectivity index (χ0n) is 19.8. The summed E-state index contributed by atoms with van der Waals surface area (Å²) in [5.41, 5.74) is 12.0. The molecule has 0 aromatic heterocycles. The second-order valence-electron chi connectivity index (χ2n) is 8.61. The van der Waals surface area contributed by atoms with Crippen LogP contribution in [0.1, 0.15) is 33.6 Å². The number of likely N-dealkylation sites (tertiary alicyclic amines) is 1. The van der Waals surface area contributed by atoms with Crippen LogP contribution in [0.25, 0.3) is 0 Å². The van der Waals surface area contributed by atoms with Gasteiger partial charge in [-0.05, 0) is 55.0 Å². The fraction of sp³-hybridized carbons (Fsp3) is 0.320. The third kappa shape index (κ3) is 6.05. The second-order valence-corrected chi connectivity index (χ2v) is 8.61. The first kappa shape index (κ1) is 24.9. The summed E-state index contributed by atoms with van der Waals surface area (Å²) in [6, 6.07) is 12.7. The Balaban J connectivity index is 1.27. The molecule has 188 valence electrons. The van der Waals surface area contributed by atoms with Gasteiger partial charge >= 0.3 is 5.97 Å². The number of amides is 3. The lowest BCUT2D eigenvalue weighted by atomic mass is 10.1. The van der Waals surface area contributed by atoms with Crippen molar-refractivity contribution in [1.82, 2.24) is 14.7 Å². The summed E-state index contributed by atoms with van der Waals surface area (Å²) in [5.74, 6) is -0.733. The maximum absolute atomic E-state index is 12.9. The van der Waals surface area contributed by atoms with E-state index in [0.29, 0.717) is 61.7 Å². The molecule has 2 aromatic carbocycles. The molecule has 0 atom stereocenters. The van der Waals surface area contributed by atoms with Gasteiger partial charge in [-0.25, -0.2) is 9.79 Å². The van der Waals surface area contributed by atoms with Gasteiger partial charge in [-0.3, -0.25) is 24.2 Å². The molecule has 0 aliphatic carbocycles. The lowest BCUT2D eigenvalue weighted by molar-refractivity contribution is -0.142. The maximum atomic E-state index is 12.9. The Labute approximate surface area is 208 Å². The Bertz CT molecular complexity index is 1170. The van der Waals surface area contributed by atoms with Crippen molar-refractivity contribution in [2.45, 2.75) is 12.8 Å². The van der Waals surface area contributed by atoms with Crippen LogP contribution in [0.15, 0.2) is 53.5 Å². The minimum atomic E-state index is -0.549. The van der Waals surface area contributed by atoms with Gasteiger partial charge in [0.1, 0.15) is 5.75 Å². The number of esters is 1. The van der Waals surface area contributed by atoms with Gasteiger partial charge in [-0.1, -0.05) is 0 Å². The van der Waals surface area contributed by atoms with Crippen molar-refractivity contribution < 1.29 is 23.9 Å². The Morgan fingerprint density at radius 2 is 1.50 bits per heavy atom. The first-order valence-electron chi connectivity index (χ1n) is 11.7. The highest BCUT2D eigenvalue weighted by Crippen LogP contribution is 2.18. The van der Waals surface area contributed by atoms with Crippen LogP contribution >= 0.6 is 0 Å². The highest BCUT2D eigenvalue weighted by atomic mass is 16.5. The summed E-state index contributed by atoms with van der Waals surface area (Å²) in [6.07, 6.45) is 1.15. The highest BCUT2D eigenvalue weighted by Gasteiger charge is 2.29. The number of ether oxygens (including phenoxy) is 1. The van der Waals surface area contributed by atoms with Gasteiger partial charge in [-0.2, -0.15) is 0 Å². The summed E-state index contributed by atoms with van der Waals surface area (Å²) in [6.45, 7) is 2.74. The molecule has 2 aliphatic rings. The zero-order valence-corrected chi connectivity index (χ0v) is 19.8. The second kappa shape index (κ2) is 11.0. The fourth-order valence-corrected chi connectivity index (χ4v) is 4.13. The predicted molar refractivity (Wildman–Crippen MR) is 132 cm³/mol. The smallest absolute Gasteiger partial charge is 0.343 e. The molecule has 11 nitrogen and oxygen atoms in total. The predicted octanol–water partition coefficient (Wildman–Crippen LogP) is 0.717. The Hall–Kier alpha value is -4.25. The van der Waals surface area contributed by atoms with Crippen LogP contribution in [0.4, 0.5) is 5.69 Å². The number of carbonyl (C=O) groups is 4. The van der Waals surface area contributed by atoms with Crippen molar-refractivity contribution in [1.29, 1.82) is 0 Å². The van der Waals surface area contributed by atoms with Crippen LogP contribution in [-0.2, 0) is 9.59 Å². The van der Waals surface area contributed by atoms with Crippen molar-refractivity contribution >= 4 is 35.3 Å². The number of carbonyl (C=O) groups excluding carboxylic acids is 4. The van der Waals surface area contributed by atoms with Gasteiger partial charge in [0.25, 0.3) is 5.91 Å². The zero-order chi connectivity index (χ0) is 25.7. The number of imide groups is 1. The normalized spacial score (nSPS) is 16.1. The molecule has 4 N–H and O–H groups in total. The van der Waals surface area contributed by atoms with Gasteiger partial charge in [-0.15, -0.1) is 0 Å². The minimum absolute atomic E-state index is 0.0767. The van der Waals surface area contributed by atoms with E-state index in [-0.39, 0.29) is 30.2 Å². The lowest BCUT2D eigenvalue weighted by Gasteiger charge is -2.34. The van der Waals surface area contributed by atoms with Crippen molar-refractivity contribution in [2.75, 3.05) is 39.3 Å². The number of nitrogens with zero attached hydrogens (tertiary/aromatic N) is 4. The Kier molecular flexibility index (Phi) is 7.59. The van der Waals surface area contributed by atoms with Crippen LogP contribution in [0.2, 0.25) is 0 Å². The molecule has 0 spiro atoms. The molecule has 0 bridgehead atoms. The molecule has 0 saturated carbocycles. The lowest BCUT2D eigenvalue weighted by Crippen LogP contribution is -2.51. The molecular weight excluding hydrogens is 464 g/mol. The standard InChI is InChI=1S/C25H28N6O5/c26-25(27)28-19-7-3-18(4-8-19)24(35)36-20-9-5-17(6-10-20)23(34)30-14-12-29(13-15-30)16-22(33)31-11-1-2-21(31)32/h3-10H,1-2,11-16H2,(H4,26,27,28). The molecule has 3 amide bonds. The van der Waals surface area contributed by atoms with E-state index in [9.17, 15) is 19.2 Å². The van der Waals surface area contributed by atoms with Crippen LogP contribution in [0.5, 0.6) is 5.75 Å². The molecule has 2 heterocycles. The number of benzene rings is 2. The molecule has 36 heavy (non-hydrogen) atoms.